The highest BCUT2D eigenvalue weighted by Gasteiger charge is 1.82. The quantitative estimate of drug-likeness (QED) is 0.522. The van der Waals surface area contributed by atoms with Gasteiger partial charge in [0, 0.05) is 0 Å². The van der Waals surface area contributed by atoms with Crippen LogP contribution in [0.1, 0.15) is 38.5 Å². The summed E-state index contributed by atoms with van der Waals surface area (Å²) in [5.74, 6) is 0. The third-order valence-corrected chi connectivity index (χ3v) is 2.25. The molecule has 1 aliphatic rings. The first kappa shape index (κ1) is 11.0. The zero-order valence-electron chi connectivity index (χ0n) is 8.86. The summed E-state index contributed by atoms with van der Waals surface area (Å²) in [6.07, 6.45) is 25.0. The Hall–Kier alpha value is -1.04. The van der Waals surface area contributed by atoms with Crippen LogP contribution in [0.5, 0.6) is 0 Å². The smallest absolute Gasteiger partial charge is 0.0345 e. The molecule has 0 aromatic carbocycles. The molecule has 0 unspecified atom stereocenters. The molecule has 0 aromatic rings. The summed E-state index contributed by atoms with van der Waals surface area (Å²) in [5.41, 5.74) is 0. The van der Waals surface area contributed by atoms with Crippen molar-refractivity contribution in [1.82, 2.24) is 0 Å². The molecule has 0 spiro atoms. The minimum absolute atomic E-state index is 1.19. The van der Waals surface area contributed by atoms with Crippen molar-refractivity contribution in [2.24, 2.45) is 0 Å². The van der Waals surface area contributed by atoms with Crippen LogP contribution in [0, 0.1) is 0 Å². The van der Waals surface area contributed by atoms with Crippen molar-refractivity contribution in [3.05, 3.63) is 48.6 Å². The minimum Gasteiger partial charge on any atom is -0.0845 e. The largest absolute Gasteiger partial charge is 0.0845 e. The highest BCUT2D eigenvalue weighted by atomic mass is 13.9. The number of hydrogen-bond acceptors (Lipinski definition) is 0. The average molecular weight is 188 g/mol. The molecule has 0 aromatic heterocycles. The summed E-state index contributed by atoms with van der Waals surface area (Å²) in [5, 5.41) is 0. The van der Waals surface area contributed by atoms with Crippen LogP contribution < -0.4 is 0 Å². The van der Waals surface area contributed by atoms with Crippen LogP contribution in [0.4, 0.5) is 0 Å². The van der Waals surface area contributed by atoms with Crippen LogP contribution in [0.3, 0.4) is 0 Å². The summed E-state index contributed by atoms with van der Waals surface area (Å²) >= 11 is 0. The van der Waals surface area contributed by atoms with E-state index in [2.05, 4.69) is 48.6 Å². The van der Waals surface area contributed by atoms with E-state index in [1.165, 1.54) is 38.5 Å². The molecule has 14 heavy (non-hydrogen) atoms. The third kappa shape index (κ3) is 6.47. The highest BCUT2D eigenvalue weighted by Crippen LogP contribution is 2.02. The highest BCUT2D eigenvalue weighted by molar-refractivity contribution is 5.05. The van der Waals surface area contributed by atoms with Crippen molar-refractivity contribution < 1.29 is 0 Å². The average Bonchev–Trinajstić information content (AvgIpc) is 2.22. The molecule has 0 aliphatic heterocycles. The van der Waals surface area contributed by atoms with Gasteiger partial charge in [-0.05, 0) is 38.5 Å². The Balaban J connectivity index is 2.33. The van der Waals surface area contributed by atoms with Gasteiger partial charge in [-0.3, -0.25) is 0 Å². The molecule has 1 rings (SSSR count). The monoisotopic (exact) mass is 188 g/mol. The van der Waals surface area contributed by atoms with Gasteiger partial charge in [0.05, 0.1) is 0 Å². The van der Waals surface area contributed by atoms with Crippen LogP contribution in [0.2, 0.25) is 0 Å². The lowest BCUT2D eigenvalue weighted by molar-refractivity contribution is 0.861. The molecule has 0 fully saturated rings. The minimum atomic E-state index is 1.19. The maximum Gasteiger partial charge on any atom is -0.0345 e. The van der Waals surface area contributed by atoms with E-state index in [-0.39, 0.29) is 0 Å². The van der Waals surface area contributed by atoms with Gasteiger partial charge in [-0.15, -0.1) is 0 Å². The van der Waals surface area contributed by atoms with Gasteiger partial charge in [-0.2, -0.15) is 0 Å². The molecular formula is C14H20. The van der Waals surface area contributed by atoms with Crippen LogP contribution in [-0.4, -0.2) is 0 Å². The van der Waals surface area contributed by atoms with E-state index in [0.717, 1.165) is 0 Å². The van der Waals surface area contributed by atoms with Crippen LogP contribution >= 0.6 is 0 Å². The maximum atomic E-state index is 2.26. The summed E-state index contributed by atoms with van der Waals surface area (Å²) in [6, 6.07) is 0. The molecule has 0 amide bonds. The Morgan fingerprint density at radius 2 is 0.714 bits per heavy atom. The molecule has 1 aliphatic carbocycles. The zero-order chi connectivity index (χ0) is 9.90. The molecule has 0 heteroatoms. The van der Waals surface area contributed by atoms with Gasteiger partial charge < -0.3 is 0 Å². The second kappa shape index (κ2) is 8.55. The van der Waals surface area contributed by atoms with Crippen molar-refractivity contribution in [3.8, 4) is 0 Å². The maximum absolute atomic E-state index is 2.26. The van der Waals surface area contributed by atoms with Gasteiger partial charge >= 0.3 is 0 Å². The first-order valence-electron chi connectivity index (χ1n) is 5.63. The SMILES string of the molecule is C1=C\CCC/C=C\C=C/CCC\C=C/1. The molecule has 0 saturated heterocycles. The number of allylic oxidation sites excluding steroid dienone is 8. The summed E-state index contributed by atoms with van der Waals surface area (Å²) in [4.78, 5) is 0. The molecule has 0 saturated carbocycles. The van der Waals surface area contributed by atoms with Gasteiger partial charge in [0.25, 0.3) is 0 Å². The van der Waals surface area contributed by atoms with Crippen molar-refractivity contribution in [1.29, 1.82) is 0 Å². The molecule has 0 radical (unpaired) electrons. The molecule has 0 heterocycles. The van der Waals surface area contributed by atoms with Gasteiger partial charge in [0.1, 0.15) is 0 Å². The Bertz CT molecular complexity index is 178. The Morgan fingerprint density at radius 3 is 1.00 bits per heavy atom. The fraction of sp³-hybridized carbons (Fsp3) is 0.429. The van der Waals surface area contributed by atoms with Crippen molar-refractivity contribution >= 4 is 0 Å². The Morgan fingerprint density at radius 1 is 0.429 bits per heavy atom. The van der Waals surface area contributed by atoms with Crippen LogP contribution in [0.25, 0.3) is 0 Å². The lowest BCUT2D eigenvalue weighted by Gasteiger charge is -1.91. The predicted octanol–water partition coefficient (Wildman–Crippen LogP) is 4.57. The number of hydrogen-bond donors (Lipinski definition) is 0. The first-order chi connectivity index (χ1) is 7.00. The van der Waals surface area contributed by atoms with E-state index in [0.29, 0.717) is 0 Å². The molecule has 0 nitrogen and oxygen atoms in total. The van der Waals surface area contributed by atoms with Gasteiger partial charge in [-0.1, -0.05) is 48.6 Å². The fourth-order valence-electron chi connectivity index (χ4n) is 1.41. The van der Waals surface area contributed by atoms with E-state index in [9.17, 15) is 0 Å². The summed E-state index contributed by atoms with van der Waals surface area (Å²) in [7, 11) is 0. The molecule has 0 atom stereocenters. The topological polar surface area (TPSA) is 0 Å². The van der Waals surface area contributed by atoms with Gasteiger partial charge in [-0.25, -0.2) is 0 Å². The molecule has 76 valence electrons. The lowest BCUT2D eigenvalue weighted by atomic mass is 10.2. The van der Waals surface area contributed by atoms with Crippen molar-refractivity contribution in [3.63, 3.8) is 0 Å². The lowest BCUT2D eigenvalue weighted by Crippen LogP contribution is -1.71. The molecule has 0 bridgehead atoms. The van der Waals surface area contributed by atoms with E-state index in [1.54, 1.807) is 0 Å². The second-order valence-electron chi connectivity index (χ2n) is 3.57. The Labute approximate surface area is 87.7 Å². The van der Waals surface area contributed by atoms with E-state index in [1.807, 2.05) is 0 Å². The van der Waals surface area contributed by atoms with E-state index < -0.39 is 0 Å². The number of rotatable bonds is 0. The third-order valence-electron chi connectivity index (χ3n) is 2.25. The van der Waals surface area contributed by atoms with Gasteiger partial charge in [0.15, 0.2) is 0 Å². The Kier molecular flexibility index (Phi) is 6.74. The van der Waals surface area contributed by atoms with Crippen LogP contribution in [-0.2, 0) is 0 Å². The second-order valence-corrected chi connectivity index (χ2v) is 3.57. The molecule has 0 N–H and O–H groups in total. The zero-order valence-corrected chi connectivity index (χ0v) is 8.86. The summed E-state index contributed by atoms with van der Waals surface area (Å²) < 4.78 is 0. The summed E-state index contributed by atoms with van der Waals surface area (Å²) in [6.45, 7) is 0. The predicted molar refractivity (Wildman–Crippen MR) is 64.3 cm³/mol. The normalized spacial score (nSPS) is 28.6. The van der Waals surface area contributed by atoms with Crippen LogP contribution in [0.15, 0.2) is 48.6 Å². The van der Waals surface area contributed by atoms with E-state index in [4.69, 9.17) is 0 Å². The van der Waals surface area contributed by atoms with Gasteiger partial charge in [0.2, 0.25) is 0 Å². The fourth-order valence-corrected chi connectivity index (χ4v) is 1.41. The molecular weight excluding hydrogens is 168 g/mol. The van der Waals surface area contributed by atoms with Crippen molar-refractivity contribution in [2.45, 2.75) is 38.5 Å². The van der Waals surface area contributed by atoms with Crippen molar-refractivity contribution in [2.75, 3.05) is 0 Å². The first-order valence-corrected chi connectivity index (χ1v) is 5.63. The van der Waals surface area contributed by atoms with E-state index >= 15 is 0 Å². The standard InChI is InChI=1S/C14H20/c1-2-4-6-8-10-12-14-13-11-9-7-5-3-1/h1-4,11-14H,5-10H2/b3-1-,4-2-,13-11-,14-12-.